The fourth-order valence-electron chi connectivity index (χ4n) is 2.80. The summed E-state index contributed by atoms with van der Waals surface area (Å²) in [5.41, 5.74) is -2.21. The summed E-state index contributed by atoms with van der Waals surface area (Å²) in [5, 5.41) is 4.43. The van der Waals surface area contributed by atoms with Crippen molar-refractivity contribution < 1.29 is 31.9 Å². The van der Waals surface area contributed by atoms with E-state index >= 15 is 0 Å². The van der Waals surface area contributed by atoms with Gasteiger partial charge in [0, 0.05) is 5.69 Å². The van der Waals surface area contributed by atoms with Gasteiger partial charge >= 0.3 is 6.18 Å². The highest BCUT2D eigenvalue weighted by Gasteiger charge is 2.35. The first kappa shape index (κ1) is 22.8. The van der Waals surface area contributed by atoms with E-state index in [0.717, 1.165) is 12.1 Å². The van der Waals surface area contributed by atoms with Gasteiger partial charge in [0.05, 0.1) is 16.8 Å². The van der Waals surface area contributed by atoms with Crippen LogP contribution in [0.4, 0.5) is 28.9 Å². The van der Waals surface area contributed by atoms with Crippen LogP contribution in [0.2, 0.25) is 0 Å². The molecule has 3 aromatic carbocycles. The minimum Gasteiger partial charge on any atom is -0.481 e. The summed E-state index contributed by atoms with van der Waals surface area (Å²) in [6, 6.07) is 16.3. The van der Waals surface area contributed by atoms with Gasteiger partial charge in [0.25, 0.3) is 11.8 Å². The van der Waals surface area contributed by atoms with Crippen LogP contribution in [0.15, 0.2) is 72.8 Å². The zero-order valence-electron chi connectivity index (χ0n) is 16.7. The highest BCUT2D eigenvalue weighted by Crippen LogP contribution is 2.37. The van der Waals surface area contributed by atoms with Crippen molar-refractivity contribution in [2.24, 2.45) is 0 Å². The van der Waals surface area contributed by atoms with Crippen LogP contribution in [0.1, 0.15) is 22.8 Å². The molecular weight excluding hydrogens is 428 g/mol. The van der Waals surface area contributed by atoms with Crippen molar-refractivity contribution in [1.82, 2.24) is 0 Å². The Hall–Kier alpha value is -3.88. The van der Waals surface area contributed by atoms with Crippen LogP contribution in [0, 0.1) is 5.82 Å². The third-order valence-electron chi connectivity index (χ3n) is 4.38. The van der Waals surface area contributed by atoms with Crippen LogP contribution in [-0.4, -0.2) is 17.9 Å². The average molecular weight is 446 g/mol. The van der Waals surface area contributed by atoms with E-state index in [9.17, 15) is 27.2 Å². The van der Waals surface area contributed by atoms with Gasteiger partial charge in [-0.2, -0.15) is 13.2 Å². The highest BCUT2D eigenvalue weighted by atomic mass is 19.4. The number of alkyl halides is 3. The minimum atomic E-state index is -4.83. The van der Waals surface area contributed by atoms with E-state index in [4.69, 9.17) is 4.74 Å². The molecule has 0 aliphatic rings. The van der Waals surface area contributed by atoms with Crippen molar-refractivity contribution in [3.8, 4) is 5.75 Å². The average Bonchev–Trinajstić information content (AvgIpc) is 2.75. The summed E-state index contributed by atoms with van der Waals surface area (Å²) in [5.74, 6) is -2.12. The van der Waals surface area contributed by atoms with Crippen LogP contribution in [0.25, 0.3) is 0 Å². The number of carbonyl (C=O) groups is 2. The summed E-state index contributed by atoms with van der Waals surface area (Å²) in [4.78, 5) is 24.6. The molecule has 0 aliphatic carbocycles. The number of carbonyl (C=O) groups excluding carboxylic acids is 2. The van der Waals surface area contributed by atoms with Gasteiger partial charge in [0.15, 0.2) is 6.10 Å². The van der Waals surface area contributed by atoms with Gasteiger partial charge in [0.1, 0.15) is 11.6 Å². The Bertz CT molecular complexity index is 1120. The third-order valence-corrected chi connectivity index (χ3v) is 4.38. The van der Waals surface area contributed by atoms with E-state index in [1.165, 1.54) is 31.2 Å². The van der Waals surface area contributed by atoms with Gasteiger partial charge < -0.3 is 15.4 Å². The Morgan fingerprint density at radius 1 is 0.906 bits per heavy atom. The van der Waals surface area contributed by atoms with Crippen molar-refractivity contribution in [2.45, 2.75) is 19.2 Å². The maximum atomic E-state index is 13.8. The van der Waals surface area contributed by atoms with E-state index in [-0.39, 0.29) is 11.3 Å². The lowest BCUT2D eigenvalue weighted by Crippen LogP contribution is -2.31. The summed E-state index contributed by atoms with van der Waals surface area (Å²) < 4.78 is 60.0. The highest BCUT2D eigenvalue weighted by molar-refractivity contribution is 6.04. The molecule has 2 amide bonds. The first-order valence-electron chi connectivity index (χ1n) is 9.45. The quantitative estimate of drug-likeness (QED) is 0.491. The monoisotopic (exact) mass is 446 g/mol. The molecule has 0 aliphatic heterocycles. The first-order valence-corrected chi connectivity index (χ1v) is 9.45. The lowest BCUT2D eigenvalue weighted by molar-refractivity contribution is -0.137. The largest absolute Gasteiger partial charge is 0.481 e. The SMILES string of the molecule is CC(Oc1ccccc1)C(=O)Nc1ccc(NC(=O)c2ccccc2F)cc1C(F)(F)F. The Balaban J connectivity index is 1.79. The van der Waals surface area contributed by atoms with Crippen LogP contribution in [0.5, 0.6) is 5.75 Å². The number of rotatable bonds is 6. The van der Waals surface area contributed by atoms with Crippen molar-refractivity contribution >= 4 is 23.2 Å². The number of hydrogen-bond acceptors (Lipinski definition) is 3. The van der Waals surface area contributed by atoms with Crippen molar-refractivity contribution in [3.05, 3.63) is 89.7 Å². The zero-order valence-corrected chi connectivity index (χ0v) is 16.7. The van der Waals surface area contributed by atoms with E-state index in [0.29, 0.717) is 11.8 Å². The predicted molar refractivity (Wildman–Crippen MR) is 111 cm³/mol. The zero-order chi connectivity index (χ0) is 23.3. The lowest BCUT2D eigenvalue weighted by Gasteiger charge is -2.18. The molecule has 0 radical (unpaired) electrons. The predicted octanol–water partition coefficient (Wildman–Crippen LogP) is 5.50. The first-order chi connectivity index (χ1) is 15.1. The number of hydrogen-bond donors (Lipinski definition) is 2. The Kier molecular flexibility index (Phi) is 6.77. The van der Waals surface area contributed by atoms with Gasteiger partial charge in [-0.05, 0) is 49.4 Å². The number of ether oxygens (including phenoxy) is 1. The molecule has 3 rings (SSSR count). The van der Waals surface area contributed by atoms with Crippen molar-refractivity contribution in [1.29, 1.82) is 0 Å². The van der Waals surface area contributed by atoms with E-state index < -0.39 is 41.2 Å². The second-order valence-electron chi connectivity index (χ2n) is 6.75. The summed E-state index contributed by atoms with van der Waals surface area (Å²) in [6.45, 7) is 1.40. The molecule has 0 saturated heterocycles. The maximum Gasteiger partial charge on any atom is 0.418 e. The topological polar surface area (TPSA) is 67.4 Å². The van der Waals surface area contributed by atoms with Crippen LogP contribution < -0.4 is 15.4 Å². The van der Waals surface area contributed by atoms with E-state index in [1.54, 1.807) is 30.3 Å². The summed E-state index contributed by atoms with van der Waals surface area (Å²) >= 11 is 0. The second kappa shape index (κ2) is 9.51. The number of amides is 2. The van der Waals surface area contributed by atoms with Crippen LogP contribution in [0.3, 0.4) is 0 Å². The van der Waals surface area contributed by atoms with Gasteiger partial charge in [-0.3, -0.25) is 9.59 Å². The number of anilines is 2. The molecule has 1 atom stereocenters. The lowest BCUT2D eigenvalue weighted by atomic mass is 10.1. The number of nitrogens with one attached hydrogen (secondary N) is 2. The fraction of sp³-hybridized carbons (Fsp3) is 0.130. The number of benzene rings is 3. The van der Waals surface area contributed by atoms with Crippen LogP contribution in [-0.2, 0) is 11.0 Å². The Morgan fingerprint density at radius 2 is 1.56 bits per heavy atom. The second-order valence-corrected chi connectivity index (χ2v) is 6.75. The molecule has 0 fully saturated rings. The van der Waals surface area contributed by atoms with Crippen molar-refractivity contribution in [2.75, 3.05) is 10.6 Å². The summed E-state index contributed by atoms with van der Waals surface area (Å²) in [6.07, 6.45) is -5.90. The molecule has 5 nitrogen and oxygen atoms in total. The molecular formula is C23H18F4N2O3. The van der Waals surface area contributed by atoms with E-state index in [2.05, 4.69) is 10.6 Å². The Morgan fingerprint density at radius 3 is 2.22 bits per heavy atom. The van der Waals surface area contributed by atoms with E-state index in [1.807, 2.05) is 0 Å². The molecule has 2 N–H and O–H groups in total. The number of para-hydroxylation sites is 1. The normalized spacial score (nSPS) is 12.0. The molecule has 9 heteroatoms. The van der Waals surface area contributed by atoms with Gasteiger partial charge in [-0.25, -0.2) is 4.39 Å². The molecule has 0 spiro atoms. The van der Waals surface area contributed by atoms with Gasteiger partial charge in [-0.15, -0.1) is 0 Å². The smallest absolute Gasteiger partial charge is 0.418 e. The van der Waals surface area contributed by atoms with Crippen LogP contribution >= 0.6 is 0 Å². The molecule has 3 aromatic rings. The minimum absolute atomic E-state index is 0.211. The van der Waals surface area contributed by atoms with Crippen molar-refractivity contribution in [3.63, 3.8) is 0 Å². The molecule has 32 heavy (non-hydrogen) atoms. The third kappa shape index (κ3) is 5.63. The molecule has 0 heterocycles. The molecule has 1 unspecified atom stereocenters. The standard InChI is InChI=1S/C23H18F4N2O3/c1-14(32-16-7-3-2-4-8-16)21(30)29-20-12-11-15(13-18(20)23(25,26)27)28-22(31)17-9-5-6-10-19(17)24/h2-14H,1H3,(H,28,31)(H,29,30). The number of halogens is 4. The molecule has 0 bridgehead atoms. The molecule has 0 saturated carbocycles. The molecule has 166 valence electrons. The maximum absolute atomic E-state index is 13.8. The van der Waals surface area contributed by atoms with Gasteiger partial charge in [0.2, 0.25) is 0 Å². The Labute approximate surface area is 181 Å². The fourth-order valence-corrected chi connectivity index (χ4v) is 2.80. The molecule has 0 aromatic heterocycles. The summed E-state index contributed by atoms with van der Waals surface area (Å²) in [7, 11) is 0. The van der Waals surface area contributed by atoms with Gasteiger partial charge in [-0.1, -0.05) is 30.3 Å².